The van der Waals surface area contributed by atoms with E-state index >= 15 is 0 Å². The van der Waals surface area contributed by atoms with Crippen LogP contribution in [-0.2, 0) is 13.1 Å². The Morgan fingerprint density at radius 2 is 1.45 bits per heavy atom. The number of aromatic nitrogens is 1. The zero-order valence-electron chi connectivity index (χ0n) is 17.1. The number of hydrogen-bond donors (Lipinski definition) is 1. The highest BCUT2D eigenvalue weighted by Gasteiger charge is 2.22. The molecule has 0 atom stereocenters. The van der Waals surface area contributed by atoms with Gasteiger partial charge in [0.2, 0.25) is 0 Å². The first kappa shape index (κ1) is 20.8. The van der Waals surface area contributed by atoms with Gasteiger partial charge in [-0.15, -0.1) is 0 Å². The Labute approximate surface area is 185 Å². The van der Waals surface area contributed by atoms with Crippen LogP contribution in [0.1, 0.15) is 26.5 Å². The van der Waals surface area contributed by atoms with Crippen molar-refractivity contribution in [3.05, 3.63) is 112 Å². The third kappa shape index (κ3) is 5.35. The van der Waals surface area contributed by atoms with Crippen molar-refractivity contribution in [1.82, 2.24) is 9.88 Å². The van der Waals surface area contributed by atoms with E-state index < -0.39 is 0 Å². The molecule has 0 saturated heterocycles. The molecule has 1 heterocycles. The number of nitrogens with one attached hydrogen (secondary N) is 1. The van der Waals surface area contributed by atoms with E-state index in [4.69, 9.17) is 0 Å². The molecule has 0 unspecified atom stereocenters. The minimum atomic E-state index is -0.297. The average Bonchev–Trinajstić information content (AvgIpc) is 3.16. The van der Waals surface area contributed by atoms with E-state index in [1.165, 1.54) is 23.5 Å². The summed E-state index contributed by atoms with van der Waals surface area (Å²) in [6, 6.07) is 26.0. The van der Waals surface area contributed by atoms with Crippen LogP contribution in [0.2, 0.25) is 0 Å². The van der Waals surface area contributed by atoms with Crippen LogP contribution in [0.5, 0.6) is 0 Å². The maximum atomic E-state index is 13.5. The van der Waals surface area contributed by atoms with Crippen molar-refractivity contribution in [2.45, 2.75) is 20.0 Å². The first-order valence-electron chi connectivity index (χ1n) is 9.95. The van der Waals surface area contributed by atoms with E-state index in [9.17, 15) is 9.18 Å². The summed E-state index contributed by atoms with van der Waals surface area (Å²) in [6.45, 7) is 2.85. The van der Waals surface area contributed by atoms with Crippen LogP contribution in [0, 0.1) is 12.7 Å². The number of thiazole rings is 1. The molecule has 1 N–H and O–H groups in total. The molecule has 156 valence electrons. The van der Waals surface area contributed by atoms with E-state index in [-0.39, 0.29) is 11.7 Å². The van der Waals surface area contributed by atoms with Gasteiger partial charge in [0, 0.05) is 18.8 Å². The van der Waals surface area contributed by atoms with Crippen LogP contribution in [0.25, 0.3) is 0 Å². The molecule has 0 aliphatic heterocycles. The van der Waals surface area contributed by atoms with Gasteiger partial charge in [0.05, 0.1) is 5.69 Å². The minimum Gasteiger partial charge on any atom is -0.332 e. The van der Waals surface area contributed by atoms with Gasteiger partial charge in [-0.3, -0.25) is 4.79 Å². The van der Waals surface area contributed by atoms with E-state index in [0.717, 1.165) is 16.8 Å². The minimum absolute atomic E-state index is 0.0603. The van der Waals surface area contributed by atoms with Gasteiger partial charge in [-0.05, 0) is 42.3 Å². The highest BCUT2D eigenvalue weighted by atomic mass is 32.1. The number of halogens is 1. The summed E-state index contributed by atoms with van der Waals surface area (Å²) < 4.78 is 13.2. The summed E-state index contributed by atoms with van der Waals surface area (Å²) in [5, 5.41) is 3.76. The normalized spacial score (nSPS) is 10.6. The zero-order chi connectivity index (χ0) is 21.6. The maximum Gasteiger partial charge on any atom is 0.266 e. The van der Waals surface area contributed by atoms with Crippen molar-refractivity contribution in [3.8, 4) is 0 Å². The molecule has 3 aromatic carbocycles. The summed E-state index contributed by atoms with van der Waals surface area (Å²) in [6.07, 6.45) is 0. The molecule has 0 aliphatic carbocycles. The van der Waals surface area contributed by atoms with E-state index in [1.54, 1.807) is 12.1 Å². The highest BCUT2D eigenvalue weighted by molar-refractivity contribution is 7.17. The molecular formula is C25H22FN3OS. The lowest BCUT2D eigenvalue weighted by atomic mass is 10.1. The van der Waals surface area contributed by atoms with E-state index in [2.05, 4.69) is 10.3 Å². The third-order valence-electron chi connectivity index (χ3n) is 4.81. The molecule has 6 heteroatoms. The number of rotatable bonds is 7. The van der Waals surface area contributed by atoms with E-state index in [1.807, 2.05) is 72.5 Å². The number of carbonyl (C=O) groups is 1. The van der Waals surface area contributed by atoms with Crippen LogP contribution in [0.4, 0.5) is 15.2 Å². The molecule has 0 aliphatic rings. The molecule has 0 saturated carbocycles. The van der Waals surface area contributed by atoms with Crippen molar-refractivity contribution >= 4 is 28.1 Å². The molecule has 0 fully saturated rings. The molecule has 1 amide bonds. The Hall–Kier alpha value is -3.51. The molecule has 0 radical (unpaired) electrons. The topological polar surface area (TPSA) is 45.2 Å². The van der Waals surface area contributed by atoms with Gasteiger partial charge in [0.1, 0.15) is 10.7 Å². The summed E-state index contributed by atoms with van der Waals surface area (Å²) in [4.78, 5) is 20.4. The van der Waals surface area contributed by atoms with Gasteiger partial charge in [-0.2, -0.15) is 0 Å². The molecule has 4 rings (SSSR count). The van der Waals surface area contributed by atoms with Gasteiger partial charge in [-0.1, -0.05) is 72.0 Å². The van der Waals surface area contributed by atoms with Crippen LogP contribution >= 0.6 is 11.3 Å². The van der Waals surface area contributed by atoms with Crippen molar-refractivity contribution in [2.24, 2.45) is 0 Å². The monoisotopic (exact) mass is 431 g/mol. The van der Waals surface area contributed by atoms with Crippen LogP contribution < -0.4 is 5.32 Å². The summed E-state index contributed by atoms with van der Waals surface area (Å²) in [7, 11) is 0. The molecule has 0 bridgehead atoms. The molecular weight excluding hydrogens is 409 g/mol. The number of anilines is 2. The second-order valence-corrected chi connectivity index (χ2v) is 8.20. The number of benzene rings is 3. The highest BCUT2D eigenvalue weighted by Crippen LogP contribution is 2.28. The lowest BCUT2D eigenvalue weighted by Gasteiger charge is -2.22. The van der Waals surface area contributed by atoms with Gasteiger partial charge >= 0.3 is 0 Å². The van der Waals surface area contributed by atoms with Gasteiger partial charge < -0.3 is 10.2 Å². The fourth-order valence-electron chi connectivity index (χ4n) is 3.26. The third-order valence-corrected chi connectivity index (χ3v) is 5.87. The van der Waals surface area contributed by atoms with Crippen LogP contribution in [-0.4, -0.2) is 15.8 Å². The van der Waals surface area contributed by atoms with Crippen LogP contribution in [0.3, 0.4) is 0 Å². The standard InChI is InChI=1S/C25H22FN3OS/c1-18-23(31-25(27-18)28-22-14-12-21(26)13-15-22)24(30)29(16-19-8-4-2-5-9-19)17-20-10-6-3-7-11-20/h2-15H,16-17H2,1H3,(H,27,28). The summed E-state index contributed by atoms with van der Waals surface area (Å²) >= 11 is 1.31. The van der Waals surface area contributed by atoms with Crippen molar-refractivity contribution < 1.29 is 9.18 Å². The summed E-state index contributed by atoms with van der Waals surface area (Å²) in [5.74, 6) is -0.357. The van der Waals surface area contributed by atoms with Gasteiger partial charge in [0.25, 0.3) is 5.91 Å². The smallest absolute Gasteiger partial charge is 0.266 e. The average molecular weight is 432 g/mol. The number of carbonyl (C=O) groups excluding carboxylic acids is 1. The first-order valence-corrected chi connectivity index (χ1v) is 10.8. The SMILES string of the molecule is Cc1nc(Nc2ccc(F)cc2)sc1C(=O)N(Cc1ccccc1)Cc1ccccc1. The second-order valence-electron chi connectivity index (χ2n) is 7.20. The summed E-state index contributed by atoms with van der Waals surface area (Å²) in [5.41, 5.74) is 3.53. The lowest BCUT2D eigenvalue weighted by Crippen LogP contribution is -2.30. The maximum absolute atomic E-state index is 13.5. The Bertz CT molecular complexity index is 1100. The number of nitrogens with zero attached hydrogens (tertiary/aromatic N) is 2. The largest absolute Gasteiger partial charge is 0.332 e. The Balaban J connectivity index is 1.58. The van der Waals surface area contributed by atoms with Crippen molar-refractivity contribution in [2.75, 3.05) is 5.32 Å². The fraction of sp³-hybridized carbons (Fsp3) is 0.120. The van der Waals surface area contributed by atoms with Gasteiger partial charge in [-0.25, -0.2) is 9.37 Å². The fourth-order valence-corrected chi connectivity index (χ4v) is 4.21. The molecule has 0 spiro atoms. The number of hydrogen-bond acceptors (Lipinski definition) is 4. The number of aryl methyl sites for hydroxylation is 1. The molecule has 31 heavy (non-hydrogen) atoms. The Kier molecular flexibility index (Phi) is 6.38. The van der Waals surface area contributed by atoms with E-state index in [0.29, 0.717) is 28.8 Å². The van der Waals surface area contributed by atoms with Crippen molar-refractivity contribution in [1.29, 1.82) is 0 Å². The lowest BCUT2D eigenvalue weighted by molar-refractivity contribution is 0.0734. The second kappa shape index (κ2) is 9.53. The zero-order valence-corrected chi connectivity index (χ0v) is 17.9. The quantitative estimate of drug-likeness (QED) is 0.380. The molecule has 1 aromatic heterocycles. The van der Waals surface area contributed by atoms with Gasteiger partial charge in [0.15, 0.2) is 5.13 Å². The predicted molar refractivity (Wildman–Crippen MR) is 123 cm³/mol. The Morgan fingerprint density at radius 1 is 0.903 bits per heavy atom. The Morgan fingerprint density at radius 3 is 2.00 bits per heavy atom. The first-order chi connectivity index (χ1) is 15.1. The van der Waals surface area contributed by atoms with Crippen LogP contribution in [0.15, 0.2) is 84.9 Å². The van der Waals surface area contributed by atoms with Crippen molar-refractivity contribution in [3.63, 3.8) is 0 Å². The molecule has 4 nitrogen and oxygen atoms in total. The molecule has 4 aromatic rings. The predicted octanol–water partition coefficient (Wildman–Crippen LogP) is 6.18. The number of amides is 1.